The van der Waals surface area contributed by atoms with Crippen molar-refractivity contribution in [1.29, 1.82) is 0 Å². The third-order valence-corrected chi connectivity index (χ3v) is 4.77. The van der Waals surface area contributed by atoms with Crippen molar-refractivity contribution < 1.29 is 5.11 Å². The first-order valence-corrected chi connectivity index (χ1v) is 7.80. The predicted molar refractivity (Wildman–Crippen MR) is 86.4 cm³/mol. The average molecular weight is 281 g/mol. The van der Waals surface area contributed by atoms with E-state index in [9.17, 15) is 5.11 Å². The smallest absolute Gasteiger partial charge is 0.120 e. The van der Waals surface area contributed by atoms with Gasteiger partial charge < -0.3 is 5.11 Å². The second-order valence-electron chi connectivity index (χ2n) is 5.90. The van der Waals surface area contributed by atoms with E-state index in [1.54, 1.807) is 6.07 Å². The number of hydrogen-bond donors (Lipinski definition) is 1. The van der Waals surface area contributed by atoms with Gasteiger partial charge in [-0.05, 0) is 43.5 Å². The van der Waals surface area contributed by atoms with E-state index in [2.05, 4.69) is 43.1 Å². The van der Waals surface area contributed by atoms with Crippen LogP contribution in [-0.4, -0.2) is 17.1 Å². The molecule has 0 saturated carbocycles. The molecule has 2 aromatic rings. The molecule has 21 heavy (non-hydrogen) atoms. The molecular formula is C19H23NO. The molecule has 0 radical (unpaired) electrons. The summed E-state index contributed by atoms with van der Waals surface area (Å²) in [5.41, 5.74) is 3.96. The molecule has 2 heteroatoms. The largest absolute Gasteiger partial charge is 0.508 e. The number of aromatic hydroxyl groups is 1. The fourth-order valence-corrected chi connectivity index (χ4v) is 3.67. The molecule has 2 aromatic carbocycles. The third kappa shape index (κ3) is 2.56. The van der Waals surface area contributed by atoms with Crippen LogP contribution in [0.1, 0.15) is 48.5 Å². The summed E-state index contributed by atoms with van der Waals surface area (Å²) in [6.07, 6.45) is 3.31. The summed E-state index contributed by atoms with van der Waals surface area (Å²) >= 11 is 0. The predicted octanol–water partition coefficient (Wildman–Crippen LogP) is 4.46. The van der Waals surface area contributed by atoms with E-state index in [0.29, 0.717) is 11.8 Å². The fraction of sp³-hybridized carbons (Fsp3) is 0.368. The van der Waals surface area contributed by atoms with Gasteiger partial charge in [-0.3, -0.25) is 4.90 Å². The summed E-state index contributed by atoms with van der Waals surface area (Å²) in [7, 11) is 2.19. The van der Waals surface area contributed by atoms with E-state index >= 15 is 0 Å². The summed E-state index contributed by atoms with van der Waals surface area (Å²) in [6, 6.07) is 17.2. The Labute approximate surface area is 127 Å². The number of para-hydroxylation sites is 1. The highest BCUT2D eigenvalue weighted by atomic mass is 16.3. The van der Waals surface area contributed by atoms with Gasteiger partial charge in [-0.2, -0.15) is 0 Å². The van der Waals surface area contributed by atoms with Gasteiger partial charge in [0.05, 0.1) is 0 Å². The Kier molecular flexibility index (Phi) is 3.98. The Morgan fingerprint density at radius 2 is 1.86 bits per heavy atom. The van der Waals surface area contributed by atoms with Crippen molar-refractivity contribution in [3.8, 4) is 5.75 Å². The van der Waals surface area contributed by atoms with Gasteiger partial charge in [0, 0.05) is 17.6 Å². The second kappa shape index (κ2) is 5.90. The SMILES string of the molecule is CCC(c1ccccc1O)N(C)C1CCc2ccccc21. The minimum Gasteiger partial charge on any atom is -0.508 e. The lowest BCUT2D eigenvalue weighted by molar-refractivity contribution is 0.166. The number of rotatable bonds is 4. The van der Waals surface area contributed by atoms with Crippen molar-refractivity contribution in [3.05, 3.63) is 65.2 Å². The van der Waals surface area contributed by atoms with Gasteiger partial charge in [-0.25, -0.2) is 0 Å². The lowest BCUT2D eigenvalue weighted by atomic mass is 9.98. The second-order valence-corrected chi connectivity index (χ2v) is 5.90. The van der Waals surface area contributed by atoms with Gasteiger partial charge in [0.2, 0.25) is 0 Å². The first-order valence-electron chi connectivity index (χ1n) is 7.80. The summed E-state index contributed by atoms with van der Waals surface area (Å²) in [4.78, 5) is 2.43. The van der Waals surface area contributed by atoms with Crippen LogP contribution in [0.25, 0.3) is 0 Å². The molecule has 0 heterocycles. The van der Waals surface area contributed by atoms with Crippen LogP contribution in [-0.2, 0) is 6.42 Å². The number of nitrogens with zero attached hydrogens (tertiary/aromatic N) is 1. The normalized spacial score (nSPS) is 18.7. The molecule has 1 N–H and O–H groups in total. The van der Waals surface area contributed by atoms with Crippen molar-refractivity contribution in [3.63, 3.8) is 0 Å². The highest BCUT2D eigenvalue weighted by Crippen LogP contribution is 2.41. The highest BCUT2D eigenvalue weighted by molar-refractivity contribution is 5.37. The zero-order chi connectivity index (χ0) is 14.8. The highest BCUT2D eigenvalue weighted by Gasteiger charge is 2.30. The minimum absolute atomic E-state index is 0.252. The first-order chi connectivity index (χ1) is 10.2. The van der Waals surface area contributed by atoms with E-state index in [1.165, 1.54) is 17.5 Å². The van der Waals surface area contributed by atoms with E-state index in [4.69, 9.17) is 0 Å². The van der Waals surface area contributed by atoms with Crippen LogP contribution in [0.3, 0.4) is 0 Å². The van der Waals surface area contributed by atoms with E-state index in [0.717, 1.165) is 18.4 Å². The monoisotopic (exact) mass is 281 g/mol. The molecule has 2 nitrogen and oxygen atoms in total. The Hall–Kier alpha value is -1.80. The standard InChI is InChI=1S/C19H23NO/c1-3-17(16-10-6-7-11-19(16)21)20(2)18-13-12-14-8-4-5-9-15(14)18/h4-11,17-18,21H,3,12-13H2,1-2H3. The van der Waals surface area contributed by atoms with Crippen molar-refractivity contribution in [2.45, 2.75) is 38.3 Å². The van der Waals surface area contributed by atoms with E-state index in [1.807, 2.05) is 18.2 Å². The number of aryl methyl sites for hydroxylation is 1. The van der Waals surface area contributed by atoms with Gasteiger partial charge >= 0.3 is 0 Å². The lowest BCUT2D eigenvalue weighted by Crippen LogP contribution is -2.27. The summed E-state index contributed by atoms with van der Waals surface area (Å²) < 4.78 is 0. The topological polar surface area (TPSA) is 23.5 Å². The number of phenols is 1. The number of phenolic OH excluding ortho intramolecular Hbond substituents is 1. The van der Waals surface area contributed by atoms with Crippen LogP contribution in [0.4, 0.5) is 0 Å². The van der Waals surface area contributed by atoms with Crippen molar-refractivity contribution in [1.82, 2.24) is 4.90 Å². The summed E-state index contributed by atoms with van der Waals surface area (Å²) in [6.45, 7) is 2.19. The van der Waals surface area contributed by atoms with Gasteiger partial charge in [0.25, 0.3) is 0 Å². The fourth-order valence-electron chi connectivity index (χ4n) is 3.67. The van der Waals surface area contributed by atoms with Gasteiger partial charge in [-0.15, -0.1) is 0 Å². The maximum Gasteiger partial charge on any atom is 0.120 e. The van der Waals surface area contributed by atoms with Gasteiger partial charge in [-0.1, -0.05) is 49.4 Å². The first kappa shape index (κ1) is 14.2. The van der Waals surface area contributed by atoms with Crippen LogP contribution in [0.5, 0.6) is 5.75 Å². The molecule has 0 bridgehead atoms. The maximum atomic E-state index is 10.2. The van der Waals surface area contributed by atoms with Crippen molar-refractivity contribution in [2.24, 2.45) is 0 Å². The van der Waals surface area contributed by atoms with Crippen molar-refractivity contribution in [2.75, 3.05) is 7.05 Å². The van der Waals surface area contributed by atoms with Crippen LogP contribution in [0, 0.1) is 0 Å². The molecular weight excluding hydrogens is 258 g/mol. The van der Waals surface area contributed by atoms with Crippen LogP contribution >= 0.6 is 0 Å². The lowest BCUT2D eigenvalue weighted by Gasteiger charge is -2.33. The minimum atomic E-state index is 0.252. The molecule has 0 saturated heterocycles. The molecule has 0 aromatic heterocycles. The zero-order valence-electron chi connectivity index (χ0n) is 12.8. The number of fused-ring (bicyclic) bond motifs is 1. The van der Waals surface area contributed by atoms with E-state index < -0.39 is 0 Å². The molecule has 0 spiro atoms. The Bertz CT molecular complexity index is 622. The zero-order valence-corrected chi connectivity index (χ0v) is 12.8. The molecule has 2 unspecified atom stereocenters. The molecule has 1 aliphatic rings. The number of hydrogen-bond acceptors (Lipinski definition) is 2. The van der Waals surface area contributed by atoms with Crippen LogP contribution < -0.4 is 0 Å². The maximum absolute atomic E-state index is 10.2. The van der Waals surface area contributed by atoms with Gasteiger partial charge in [0.1, 0.15) is 5.75 Å². The van der Waals surface area contributed by atoms with E-state index in [-0.39, 0.29) is 6.04 Å². The quantitative estimate of drug-likeness (QED) is 0.894. The molecule has 0 aliphatic heterocycles. The molecule has 0 amide bonds. The molecule has 2 atom stereocenters. The number of benzene rings is 2. The molecule has 0 fully saturated rings. The van der Waals surface area contributed by atoms with Gasteiger partial charge in [0.15, 0.2) is 0 Å². The Morgan fingerprint density at radius 1 is 1.14 bits per heavy atom. The Balaban J connectivity index is 1.91. The van der Waals surface area contributed by atoms with Crippen LogP contribution in [0.15, 0.2) is 48.5 Å². The summed E-state index contributed by atoms with van der Waals surface area (Å²) in [5, 5.41) is 10.2. The molecule has 1 aliphatic carbocycles. The Morgan fingerprint density at radius 3 is 2.62 bits per heavy atom. The average Bonchev–Trinajstić information content (AvgIpc) is 2.93. The van der Waals surface area contributed by atoms with Crippen molar-refractivity contribution >= 4 is 0 Å². The third-order valence-electron chi connectivity index (χ3n) is 4.77. The summed E-state index contributed by atoms with van der Waals surface area (Å²) in [5.74, 6) is 0.405. The van der Waals surface area contributed by atoms with Crippen LogP contribution in [0.2, 0.25) is 0 Å². The molecule has 110 valence electrons. The molecule has 3 rings (SSSR count).